The number of Topliss-reactive ketones (excluding diaryl/α,β-unsaturated/α-hetero) is 1. The Morgan fingerprint density at radius 3 is 2.47 bits per heavy atom. The molecule has 49 heavy (non-hydrogen) atoms. The highest BCUT2D eigenvalue weighted by Crippen LogP contribution is 2.42. The fourth-order valence-corrected chi connectivity index (χ4v) is 8.53. The number of carbonyl (C=O) groups excluding carboxylic acids is 3. The van der Waals surface area contributed by atoms with Crippen molar-refractivity contribution in [3.63, 3.8) is 0 Å². The number of aliphatic hydroxyl groups is 1. The number of aliphatic hydroxyl groups excluding tert-OH is 1. The van der Waals surface area contributed by atoms with E-state index >= 15 is 0 Å². The van der Waals surface area contributed by atoms with Gasteiger partial charge in [0.1, 0.15) is 0 Å². The molecule has 0 aromatic heterocycles. The first-order valence-corrected chi connectivity index (χ1v) is 18.5. The third-order valence-electron chi connectivity index (χ3n) is 11.8. The third-order valence-corrected chi connectivity index (χ3v) is 12.3. The predicted octanol–water partition coefficient (Wildman–Crippen LogP) is 4.98. The maximum atomic E-state index is 13.7. The maximum Gasteiger partial charge on any atom is 0.232 e. The molecule has 2 heterocycles. The topological polar surface area (TPSA) is 108 Å². The molecule has 0 bridgehead atoms. The summed E-state index contributed by atoms with van der Waals surface area (Å²) in [5.74, 6) is 0.236. The van der Waals surface area contributed by atoms with Crippen molar-refractivity contribution in [3.8, 4) is 0 Å². The number of hydrogen-bond donors (Lipinski definition) is 3. The summed E-state index contributed by atoms with van der Waals surface area (Å²) >= 11 is 6.51. The summed E-state index contributed by atoms with van der Waals surface area (Å²) in [7, 11) is 2.14. The van der Waals surface area contributed by atoms with Gasteiger partial charge in [0, 0.05) is 53.3 Å². The average Bonchev–Trinajstić information content (AvgIpc) is 3.30. The second kappa shape index (κ2) is 15.2. The first-order chi connectivity index (χ1) is 23.4. The van der Waals surface area contributed by atoms with Crippen molar-refractivity contribution in [2.24, 2.45) is 35.0 Å². The summed E-state index contributed by atoms with van der Waals surface area (Å²) in [6, 6.07) is -0.366. The van der Waals surface area contributed by atoms with Crippen LogP contribution in [0.1, 0.15) is 52.9 Å². The Kier molecular flexibility index (Phi) is 11.1. The van der Waals surface area contributed by atoms with Crippen molar-refractivity contribution in [2.45, 2.75) is 76.5 Å². The normalized spacial score (nSPS) is 35.8. The van der Waals surface area contributed by atoms with E-state index in [4.69, 9.17) is 16.3 Å². The Bertz CT molecular complexity index is 1530. The zero-order valence-corrected chi connectivity index (χ0v) is 30.0. The zero-order valence-electron chi connectivity index (χ0n) is 29.2. The zero-order chi connectivity index (χ0) is 34.9. The van der Waals surface area contributed by atoms with Gasteiger partial charge in [-0.3, -0.25) is 14.4 Å². The lowest BCUT2D eigenvalue weighted by molar-refractivity contribution is -0.132. The molecule has 9 unspecified atom stereocenters. The Morgan fingerprint density at radius 2 is 1.76 bits per heavy atom. The number of piperidine rings is 1. The fourth-order valence-electron chi connectivity index (χ4n) is 8.16. The first-order valence-electron chi connectivity index (χ1n) is 18.1. The lowest BCUT2D eigenvalue weighted by atomic mass is 9.69. The first kappa shape index (κ1) is 35.9. The standard InChI is InChI=1S/C40H52ClN3O5/c1-24-17-34(41)36(18-25(24)2)49-23-31(45)22-43-37-11-14-42-39(48)40(37,3)30-9-7-27-19-32-33(20-28(27)8-10-30)38(47)29(21-35(32)46)6-5-26-12-15-44(4)16-13-26/h7-11,14,17,19-21,25-28,30-31,34,36-37,43,45H,5-6,12-13,15-16,18,22-23H2,1-4H3,(H,42,48). The van der Waals surface area contributed by atoms with Crippen molar-refractivity contribution in [1.29, 1.82) is 0 Å². The van der Waals surface area contributed by atoms with E-state index in [0.29, 0.717) is 35.0 Å². The van der Waals surface area contributed by atoms with Crippen LogP contribution in [-0.2, 0) is 19.1 Å². The van der Waals surface area contributed by atoms with Crippen LogP contribution in [-0.4, -0.2) is 84.4 Å². The van der Waals surface area contributed by atoms with Crippen LogP contribution in [0.2, 0.25) is 0 Å². The quantitative estimate of drug-likeness (QED) is 0.220. The molecule has 8 nitrogen and oxygen atoms in total. The lowest BCUT2D eigenvalue weighted by Gasteiger charge is -2.41. The van der Waals surface area contributed by atoms with Gasteiger partial charge in [-0.2, -0.15) is 0 Å². The number of allylic oxidation sites excluding steroid dienone is 11. The van der Waals surface area contributed by atoms with Crippen LogP contribution in [0.25, 0.3) is 0 Å². The fraction of sp³-hybridized carbons (Fsp3) is 0.575. The molecule has 3 N–H and O–H groups in total. The van der Waals surface area contributed by atoms with E-state index in [1.165, 1.54) is 5.57 Å². The number of fused-ring (bicyclic) bond motifs is 2. The number of rotatable bonds is 10. The number of nitrogens with one attached hydrogen (secondary N) is 2. The number of hydrogen-bond acceptors (Lipinski definition) is 7. The minimum absolute atomic E-state index is 0.0305. The van der Waals surface area contributed by atoms with Crippen LogP contribution in [0.4, 0.5) is 0 Å². The van der Waals surface area contributed by atoms with E-state index in [2.05, 4.69) is 54.7 Å². The Labute approximate surface area is 296 Å². The number of ether oxygens (including phenoxy) is 1. The highest BCUT2D eigenvalue weighted by molar-refractivity contribution is 6.27. The SMILES string of the molecule is CC1=CC(Cl)C(OCC(O)CNC2C=CNC(=O)C2(C)C2C=CC3C=C4C(=O)C=C(CCC5CCN(C)CC5)C(=O)C4=CC3C=C2)CC1C. The van der Waals surface area contributed by atoms with E-state index in [0.717, 1.165) is 38.8 Å². The molecule has 6 aliphatic rings. The number of ketones is 2. The van der Waals surface area contributed by atoms with Crippen molar-refractivity contribution < 1.29 is 24.2 Å². The molecule has 0 radical (unpaired) electrons. The van der Waals surface area contributed by atoms with Crippen LogP contribution < -0.4 is 10.6 Å². The molecule has 1 fully saturated rings. The summed E-state index contributed by atoms with van der Waals surface area (Å²) in [6.45, 7) is 8.71. The van der Waals surface area contributed by atoms with Gasteiger partial charge >= 0.3 is 0 Å². The molecule has 9 atom stereocenters. The van der Waals surface area contributed by atoms with Gasteiger partial charge in [-0.05, 0) is 84.0 Å². The number of nitrogens with zero attached hydrogens (tertiary/aromatic N) is 1. The van der Waals surface area contributed by atoms with Crippen LogP contribution in [0, 0.1) is 35.0 Å². The summed E-state index contributed by atoms with van der Waals surface area (Å²) in [4.78, 5) is 42.8. The molecule has 1 amide bonds. The van der Waals surface area contributed by atoms with Crippen molar-refractivity contribution in [3.05, 3.63) is 83.2 Å². The van der Waals surface area contributed by atoms with Crippen LogP contribution in [0.5, 0.6) is 0 Å². The molecule has 1 saturated heterocycles. The summed E-state index contributed by atoms with van der Waals surface area (Å²) < 4.78 is 6.03. The molecule has 9 heteroatoms. The van der Waals surface area contributed by atoms with Crippen molar-refractivity contribution >= 4 is 29.1 Å². The van der Waals surface area contributed by atoms with E-state index in [1.54, 1.807) is 12.3 Å². The molecule has 4 aliphatic carbocycles. The van der Waals surface area contributed by atoms with Gasteiger partial charge in [-0.15, -0.1) is 11.6 Å². The highest BCUT2D eigenvalue weighted by Gasteiger charge is 2.47. The Morgan fingerprint density at radius 1 is 1.06 bits per heavy atom. The van der Waals surface area contributed by atoms with Crippen LogP contribution in [0.3, 0.4) is 0 Å². The van der Waals surface area contributed by atoms with Gasteiger partial charge in [-0.1, -0.05) is 61.1 Å². The van der Waals surface area contributed by atoms with Gasteiger partial charge < -0.3 is 25.4 Å². The van der Waals surface area contributed by atoms with E-state index < -0.39 is 11.5 Å². The minimum Gasteiger partial charge on any atom is -0.389 e. The van der Waals surface area contributed by atoms with Crippen LogP contribution in [0.15, 0.2) is 83.2 Å². The minimum atomic E-state index is -0.903. The largest absolute Gasteiger partial charge is 0.389 e. The number of likely N-dealkylation sites (tertiary alicyclic amines) is 1. The van der Waals surface area contributed by atoms with Gasteiger partial charge in [0.25, 0.3) is 0 Å². The predicted molar refractivity (Wildman–Crippen MR) is 193 cm³/mol. The molecule has 0 aromatic carbocycles. The number of carbonyl (C=O) groups is 3. The maximum absolute atomic E-state index is 13.7. The number of halogens is 1. The Balaban J connectivity index is 1.11. The molecule has 0 spiro atoms. The molecule has 0 saturated carbocycles. The molecular formula is C40H52ClN3O5. The molecule has 6 rings (SSSR count). The smallest absolute Gasteiger partial charge is 0.232 e. The average molecular weight is 690 g/mol. The van der Waals surface area contributed by atoms with Gasteiger partial charge in [0.05, 0.1) is 29.6 Å². The Hall–Kier alpha value is -2.88. The van der Waals surface area contributed by atoms with Crippen molar-refractivity contribution in [2.75, 3.05) is 33.3 Å². The van der Waals surface area contributed by atoms with E-state index in [-0.39, 0.29) is 65.9 Å². The summed E-state index contributed by atoms with van der Waals surface area (Å²) in [6.07, 6.45) is 23.0. The van der Waals surface area contributed by atoms with E-state index in [9.17, 15) is 19.5 Å². The second-order valence-electron chi connectivity index (χ2n) is 15.3. The third kappa shape index (κ3) is 7.74. The van der Waals surface area contributed by atoms with Crippen LogP contribution >= 0.6 is 11.6 Å². The van der Waals surface area contributed by atoms with Gasteiger partial charge in [0.15, 0.2) is 11.6 Å². The van der Waals surface area contributed by atoms with E-state index in [1.807, 2.05) is 37.3 Å². The molecular weight excluding hydrogens is 638 g/mol. The lowest BCUT2D eigenvalue weighted by Crippen LogP contribution is -2.57. The highest BCUT2D eigenvalue weighted by atomic mass is 35.5. The summed E-state index contributed by atoms with van der Waals surface area (Å²) in [5, 5.41) is 16.9. The number of amides is 1. The van der Waals surface area contributed by atoms with Crippen molar-refractivity contribution in [1.82, 2.24) is 15.5 Å². The van der Waals surface area contributed by atoms with Gasteiger partial charge in [-0.25, -0.2) is 0 Å². The second-order valence-corrected chi connectivity index (χ2v) is 15.8. The molecule has 0 aromatic rings. The summed E-state index contributed by atoms with van der Waals surface area (Å²) in [5.41, 5.74) is 1.98. The monoisotopic (exact) mass is 689 g/mol. The molecule has 2 aliphatic heterocycles. The number of alkyl halides is 1. The molecule has 264 valence electrons. The van der Waals surface area contributed by atoms with Gasteiger partial charge in [0.2, 0.25) is 5.91 Å².